The standard InChI is InChI=1S/C28H28ClN3O3/c1-4-20(3)32(17-26-30-27(31-35-26)21-11-7-9-19(2)15-21)28(33)22-12-8-13-24(16-22)34-18-23-10-5-6-14-25(23)29/h5-16,20H,4,17-18H2,1-3H3/t20-/m1/s1. The lowest BCUT2D eigenvalue weighted by Crippen LogP contribution is -2.37. The van der Waals surface area contributed by atoms with Crippen LogP contribution in [-0.2, 0) is 13.2 Å². The third-order valence-corrected chi connectivity index (χ3v) is 6.24. The van der Waals surface area contributed by atoms with Gasteiger partial charge in [-0.15, -0.1) is 0 Å². The average Bonchev–Trinajstić information content (AvgIpc) is 3.35. The fourth-order valence-electron chi connectivity index (χ4n) is 3.68. The minimum atomic E-state index is -0.127. The summed E-state index contributed by atoms with van der Waals surface area (Å²) < 4.78 is 11.4. The molecule has 0 N–H and O–H groups in total. The van der Waals surface area contributed by atoms with Gasteiger partial charge in [-0.3, -0.25) is 4.79 Å². The number of benzene rings is 3. The second-order valence-electron chi connectivity index (χ2n) is 8.48. The number of carbonyl (C=O) groups is 1. The topological polar surface area (TPSA) is 68.5 Å². The van der Waals surface area contributed by atoms with E-state index >= 15 is 0 Å². The Kier molecular flexibility index (Phi) is 7.83. The van der Waals surface area contributed by atoms with Crippen LogP contribution in [0.4, 0.5) is 0 Å². The molecule has 1 amide bonds. The molecule has 0 fully saturated rings. The largest absolute Gasteiger partial charge is 0.489 e. The minimum Gasteiger partial charge on any atom is -0.489 e. The number of halogens is 1. The first-order chi connectivity index (χ1) is 16.9. The summed E-state index contributed by atoms with van der Waals surface area (Å²) >= 11 is 6.23. The van der Waals surface area contributed by atoms with Crippen molar-refractivity contribution in [2.75, 3.05) is 0 Å². The number of aryl methyl sites for hydroxylation is 1. The second-order valence-corrected chi connectivity index (χ2v) is 8.89. The molecular weight excluding hydrogens is 462 g/mol. The third kappa shape index (κ3) is 6.08. The molecule has 0 saturated carbocycles. The summed E-state index contributed by atoms with van der Waals surface area (Å²) in [5, 5.41) is 4.76. The molecule has 1 heterocycles. The Morgan fingerprint density at radius 2 is 1.89 bits per heavy atom. The molecule has 0 radical (unpaired) electrons. The van der Waals surface area contributed by atoms with E-state index in [2.05, 4.69) is 10.1 Å². The molecule has 180 valence electrons. The normalized spacial score (nSPS) is 11.8. The predicted octanol–water partition coefficient (Wildman–Crippen LogP) is 6.72. The van der Waals surface area contributed by atoms with Crippen molar-refractivity contribution < 1.29 is 14.1 Å². The van der Waals surface area contributed by atoms with Crippen molar-refractivity contribution >= 4 is 17.5 Å². The Morgan fingerprint density at radius 1 is 1.09 bits per heavy atom. The molecule has 0 aliphatic rings. The summed E-state index contributed by atoms with van der Waals surface area (Å²) in [6, 6.07) is 22.6. The van der Waals surface area contributed by atoms with Crippen LogP contribution in [0.3, 0.4) is 0 Å². The highest BCUT2D eigenvalue weighted by atomic mass is 35.5. The van der Waals surface area contributed by atoms with Crippen LogP contribution in [-0.4, -0.2) is 27.0 Å². The van der Waals surface area contributed by atoms with Crippen LogP contribution >= 0.6 is 11.6 Å². The zero-order chi connectivity index (χ0) is 24.8. The van der Waals surface area contributed by atoms with Crippen molar-refractivity contribution in [3.63, 3.8) is 0 Å². The first-order valence-electron chi connectivity index (χ1n) is 11.6. The number of ether oxygens (including phenoxy) is 1. The Balaban J connectivity index is 1.50. The molecule has 0 aliphatic heterocycles. The van der Waals surface area contributed by atoms with Gasteiger partial charge in [0.25, 0.3) is 5.91 Å². The van der Waals surface area contributed by atoms with Gasteiger partial charge in [-0.25, -0.2) is 0 Å². The van der Waals surface area contributed by atoms with Gasteiger partial charge >= 0.3 is 0 Å². The van der Waals surface area contributed by atoms with Gasteiger partial charge in [-0.05, 0) is 50.6 Å². The summed E-state index contributed by atoms with van der Waals surface area (Å²) in [7, 11) is 0. The lowest BCUT2D eigenvalue weighted by atomic mass is 10.1. The molecule has 0 unspecified atom stereocenters. The summed E-state index contributed by atoms with van der Waals surface area (Å²) in [5.74, 6) is 1.37. The van der Waals surface area contributed by atoms with Crippen molar-refractivity contribution in [2.45, 2.75) is 46.4 Å². The molecule has 6 nitrogen and oxygen atoms in total. The fraction of sp³-hybridized carbons (Fsp3) is 0.250. The quantitative estimate of drug-likeness (QED) is 0.261. The number of amides is 1. The first-order valence-corrected chi connectivity index (χ1v) is 12.0. The molecule has 3 aromatic carbocycles. The molecule has 0 bridgehead atoms. The predicted molar refractivity (Wildman–Crippen MR) is 136 cm³/mol. The highest BCUT2D eigenvalue weighted by Gasteiger charge is 2.24. The molecule has 0 saturated heterocycles. The van der Waals surface area contributed by atoms with Crippen LogP contribution in [0.5, 0.6) is 5.75 Å². The number of aromatic nitrogens is 2. The molecule has 1 atom stereocenters. The van der Waals surface area contributed by atoms with Crippen molar-refractivity contribution in [3.8, 4) is 17.1 Å². The number of nitrogens with zero attached hydrogens (tertiary/aromatic N) is 3. The van der Waals surface area contributed by atoms with E-state index in [1.54, 1.807) is 17.0 Å². The lowest BCUT2D eigenvalue weighted by molar-refractivity contribution is 0.0646. The highest BCUT2D eigenvalue weighted by molar-refractivity contribution is 6.31. The number of hydrogen-bond acceptors (Lipinski definition) is 5. The monoisotopic (exact) mass is 489 g/mol. The molecule has 4 rings (SSSR count). The Labute approximate surface area is 210 Å². The zero-order valence-corrected chi connectivity index (χ0v) is 20.8. The first kappa shape index (κ1) is 24.5. The third-order valence-electron chi connectivity index (χ3n) is 5.87. The van der Waals surface area contributed by atoms with Crippen molar-refractivity contribution in [2.24, 2.45) is 0 Å². The van der Waals surface area contributed by atoms with Crippen LogP contribution in [0.2, 0.25) is 5.02 Å². The van der Waals surface area contributed by atoms with E-state index in [0.29, 0.717) is 34.7 Å². The van der Waals surface area contributed by atoms with Gasteiger partial charge in [0.1, 0.15) is 18.9 Å². The summed E-state index contributed by atoms with van der Waals surface area (Å²) in [6.07, 6.45) is 0.785. The van der Waals surface area contributed by atoms with Crippen molar-refractivity contribution in [1.29, 1.82) is 0 Å². The summed E-state index contributed by atoms with van der Waals surface area (Å²) in [5.41, 5.74) is 3.40. The van der Waals surface area contributed by atoms with Gasteiger partial charge in [-0.2, -0.15) is 4.98 Å². The van der Waals surface area contributed by atoms with Crippen LogP contribution in [0.15, 0.2) is 77.3 Å². The second kappa shape index (κ2) is 11.2. The van der Waals surface area contributed by atoms with Gasteiger partial charge in [-0.1, -0.05) is 71.7 Å². The molecule has 0 aliphatic carbocycles. The maximum atomic E-state index is 13.5. The molecule has 35 heavy (non-hydrogen) atoms. The van der Waals surface area contributed by atoms with Gasteiger partial charge in [0.2, 0.25) is 11.7 Å². The number of hydrogen-bond donors (Lipinski definition) is 0. The Hall–Kier alpha value is -3.64. The van der Waals surface area contributed by atoms with E-state index < -0.39 is 0 Å². The Morgan fingerprint density at radius 3 is 2.66 bits per heavy atom. The molecule has 4 aromatic rings. The van der Waals surface area contributed by atoms with Crippen LogP contribution in [0.25, 0.3) is 11.4 Å². The van der Waals surface area contributed by atoms with Gasteiger partial charge in [0.15, 0.2) is 0 Å². The van der Waals surface area contributed by atoms with Gasteiger partial charge in [0.05, 0.1) is 0 Å². The molecular formula is C28H28ClN3O3. The number of rotatable bonds is 9. The van der Waals surface area contributed by atoms with E-state index in [9.17, 15) is 4.79 Å². The van der Waals surface area contributed by atoms with E-state index in [-0.39, 0.29) is 18.5 Å². The summed E-state index contributed by atoms with van der Waals surface area (Å²) in [4.78, 5) is 19.8. The van der Waals surface area contributed by atoms with Gasteiger partial charge in [0, 0.05) is 27.8 Å². The lowest BCUT2D eigenvalue weighted by Gasteiger charge is -2.27. The molecule has 1 aromatic heterocycles. The smallest absolute Gasteiger partial charge is 0.254 e. The van der Waals surface area contributed by atoms with E-state index in [1.165, 1.54) is 0 Å². The van der Waals surface area contributed by atoms with Crippen LogP contribution in [0.1, 0.15) is 47.6 Å². The Bertz CT molecular complexity index is 1300. The average molecular weight is 490 g/mol. The van der Waals surface area contributed by atoms with Crippen molar-refractivity contribution in [3.05, 3.63) is 100 Å². The minimum absolute atomic E-state index is 0.0236. The summed E-state index contributed by atoms with van der Waals surface area (Å²) in [6.45, 7) is 6.60. The highest BCUT2D eigenvalue weighted by Crippen LogP contribution is 2.23. The maximum Gasteiger partial charge on any atom is 0.254 e. The van der Waals surface area contributed by atoms with Crippen LogP contribution < -0.4 is 4.74 Å². The molecule has 7 heteroatoms. The molecule has 0 spiro atoms. The van der Waals surface area contributed by atoms with E-state index in [4.69, 9.17) is 20.9 Å². The van der Waals surface area contributed by atoms with E-state index in [1.807, 2.05) is 81.4 Å². The maximum absolute atomic E-state index is 13.5. The van der Waals surface area contributed by atoms with E-state index in [0.717, 1.165) is 23.1 Å². The fourth-order valence-corrected chi connectivity index (χ4v) is 3.87. The van der Waals surface area contributed by atoms with Crippen molar-refractivity contribution in [1.82, 2.24) is 15.0 Å². The zero-order valence-electron chi connectivity index (χ0n) is 20.1. The SMILES string of the molecule is CC[C@@H](C)N(Cc1nc(-c2cccc(C)c2)no1)C(=O)c1cccc(OCc2ccccc2Cl)c1. The van der Waals surface area contributed by atoms with Gasteiger partial charge < -0.3 is 14.2 Å². The van der Waals surface area contributed by atoms with Crippen LogP contribution in [0, 0.1) is 6.92 Å². The number of carbonyl (C=O) groups excluding carboxylic acids is 1.